The van der Waals surface area contributed by atoms with E-state index in [9.17, 15) is 9.59 Å². The zero-order valence-electron chi connectivity index (χ0n) is 12.8. The SMILES string of the molecule is COC(=O)c1ccccc1N(C)C(=O)CCC1CCCC1. The molecular weight excluding hydrogens is 266 g/mol. The largest absolute Gasteiger partial charge is 0.465 e. The number of para-hydroxylation sites is 1. The van der Waals surface area contributed by atoms with Crippen LogP contribution in [0, 0.1) is 5.92 Å². The number of esters is 1. The zero-order valence-corrected chi connectivity index (χ0v) is 12.8. The molecule has 1 aromatic carbocycles. The molecule has 1 aromatic rings. The monoisotopic (exact) mass is 289 g/mol. The first-order valence-corrected chi connectivity index (χ1v) is 7.57. The third kappa shape index (κ3) is 3.84. The van der Waals surface area contributed by atoms with Crippen LogP contribution in [0.3, 0.4) is 0 Å². The van der Waals surface area contributed by atoms with Crippen molar-refractivity contribution in [3.05, 3.63) is 29.8 Å². The van der Waals surface area contributed by atoms with Gasteiger partial charge in [-0.05, 0) is 24.5 Å². The number of ether oxygens (including phenoxy) is 1. The molecular formula is C17H23NO3. The topological polar surface area (TPSA) is 46.6 Å². The predicted molar refractivity (Wildman–Crippen MR) is 82.4 cm³/mol. The number of nitrogens with zero attached hydrogens (tertiary/aromatic N) is 1. The fourth-order valence-electron chi connectivity index (χ4n) is 2.98. The first-order chi connectivity index (χ1) is 10.1. The molecule has 1 fully saturated rings. The Morgan fingerprint density at radius 2 is 1.90 bits per heavy atom. The summed E-state index contributed by atoms with van der Waals surface area (Å²) in [6.07, 6.45) is 6.56. The maximum absolute atomic E-state index is 12.3. The van der Waals surface area contributed by atoms with E-state index in [0.717, 1.165) is 6.42 Å². The van der Waals surface area contributed by atoms with Crippen molar-refractivity contribution < 1.29 is 14.3 Å². The van der Waals surface area contributed by atoms with Crippen LogP contribution in [0.25, 0.3) is 0 Å². The lowest BCUT2D eigenvalue weighted by atomic mass is 10.0. The van der Waals surface area contributed by atoms with Crippen LogP contribution in [0.1, 0.15) is 48.9 Å². The summed E-state index contributed by atoms with van der Waals surface area (Å²) < 4.78 is 4.77. The van der Waals surface area contributed by atoms with Crippen molar-refractivity contribution in [2.75, 3.05) is 19.1 Å². The van der Waals surface area contributed by atoms with Gasteiger partial charge in [0, 0.05) is 13.5 Å². The van der Waals surface area contributed by atoms with Crippen molar-refractivity contribution >= 4 is 17.6 Å². The van der Waals surface area contributed by atoms with Crippen LogP contribution in [0.5, 0.6) is 0 Å². The van der Waals surface area contributed by atoms with Gasteiger partial charge in [-0.3, -0.25) is 4.79 Å². The minimum atomic E-state index is -0.416. The molecule has 4 heteroatoms. The van der Waals surface area contributed by atoms with Crippen LogP contribution in [-0.2, 0) is 9.53 Å². The third-order valence-corrected chi connectivity index (χ3v) is 4.29. The van der Waals surface area contributed by atoms with Crippen LogP contribution in [0.4, 0.5) is 5.69 Å². The second-order valence-electron chi connectivity index (χ2n) is 5.65. The second kappa shape index (κ2) is 7.25. The molecule has 0 spiro atoms. The molecule has 4 nitrogen and oxygen atoms in total. The summed E-state index contributed by atoms with van der Waals surface area (Å²) in [6.45, 7) is 0. The molecule has 0 atom stereocenters. The summed E-state index contributed by atoms with van der Waals surface area (Å²) in [7, 11) is 3.07. The molecule has 21 heavy (non-hydrogen) atoms. The lowest BCUT2D eigenvalue weighted by Gasteiger charge is -2.20. The Balaban J connectivity index is 2.02. The Morgan fingerprint density at radius 1 is 1.24 bits per heavy atom. The van der Waals surface area contributed by atoms with E-state index in [-0.39, 0.29) is 5.91 Å². The first kappa shape index (κ1) is 15.5. The van der Waals surface area contributed by atoms with E-state index in [2.05, 4.69) is 0 Å². The van der Waals surface area contributed by atoms with E-state index in [1.54, 1.807) is 30.1 Å². The number of methoxy groups -OCH3 is 1. The molecule has 0 aromatic heterocycles. The quantitative estimate of drug-likeness (QED) is 0.780. The maximum Gasteiger partial charge on any atom is 0.339 e. The average molecular weight is 289 g/mol. The highest BCUT2D eigenvalue weighted by Gasteiger charge is 2.21. The van der Waals surface area contributed by atoms with E-state index in [4.69, 9.17) is 4.74 Å². The lowest BCUT2D eigenvalue weighted by molar-refractivity contribution is -0.118. The number of carbonyl (C=O) groups is 2. The molecule has 0 bridgehead atoms. The van der Waals surface area contributed by atoms with Crippen molar-refractivity contribution in [2.24, 2.45) is 5.92 Å². The van der Waals surface area contributed by atoms with Gasteiger partial charge in [0.1, 0.15) is 0 Å². The van der Waals surface area contributed by atoms with Gasteiger partial charge in [-0.2, -0.15) is 0 Å². The molecule has 0 N–H and O–H groups in total. The molecule has 114 valence electrons. The van der Waals surface area contributed by atoms with Gasteiger partial charge >= 0.3 is 5.97 Å². The Hall–Kier alpha value is -1.84. The summed E-state index contributed by atoms with van der Waals surface area (Å²) in [5.41, 5.74) is 1.04. The third-order valence-electron chi connectivity index (χ3n) is 4.29. The maximum atomic E-state index is 12.3. The smallest absolute Gasteiger partial charge is 0.339 e. The van der Waals surface area contributed by atoms with Gasteiger partial charge in [0.15, 0.2) is 0 Å². The molecule has 1 amide bonds. The van der Waals surface area contributed by atoms with E-state index >= 15 is 0 Å². The van der Waals surface area contributed by atoms with Crippen molar-refractivity contribution in [1.82, 2.24) is 0 Å². The lowest BCUT2D eigenvalue weighted by Crippen LogP contribution is -2.28. The van der Waals surface area contributed by atoms with Gasteiger partial charge < -0.3 is 9.64 Å². The molecule has 0 saturated heterocycles. The highest BCUT2D eigenvalue weighted by atomic mass is 16.5. The molecule has 0 radical (unpaired) electrons. The van der Waals surface area contributed by atoms with E-state index < -0.39 is 5.97 Å². The van der Waals surface area contributed by atoms with Crippen molar-refractivity contribution in [3.63, 3.8) is 0 Å². The van der Waals surface area contributed by atoms with Crippen molar-refractivity contribution in [2.45, 2.75) is 38.5 Å². The van der Waals surface area contributed by atoms with Gasteiger partial charge in [0.2, 0.25) is 5.91 Å². The first-order valence-electron chi connectivity index (χ1n) is 7.57. The molecule has 2 rings (SSSR count). The Kier molecular flexibility index (Phi) is 5.37. The second-order valence-corrected chi connectivity index (χ2v) is 5.65. The van der Waals surface area contributed by atoms with Crippen LogP contribution in [0.15, 0.2) is 24.3 Å². The predicted octanol–water partition coefficient (Wildman–Crippen LogP) is 3.41. The molecule has 1 aliphatic carbocycles. The van der Waals surface area contributed by atoms with Crippen molar-refractivity contribution in [3.8, 4) is 0 Å². The Labute approximate surface area is 126 Å². The summed E-state index contributed by atoms with van der Waals surface area (Å²) in [5.74, 6) is 0.331. The van der Waals surface area contributed by atoms with E-state index in [0.29, 0.717) is 23.6 Å². The van der Waals surface area contributed by atoms with Gasteiger partial charge in [0.05, 0.1) is 18.4 Å². The summed E-state index contributed by atoms with van der Waals surface area (Å²) >= 11 is 0. The van der Waals surface area contributed by atoms with Crippen molar-refractivity contribution in [1.29, 1.82) is 0 Å². The van der Waals surface area contributed by atoms with Gasteiger partial charge in [-0.25, -0.2) is 4.79 Å². The number of carbonyl (C=O) groups excluding carboxylic acids is 2. The number of hydrogen-bond acceptors (Lipinski definition) is 3. The minimum absolute atomic E-state index is 0.0539. The number of amides is 1. The summed E-state index contributed by atoms with van der Waals surface area (Å²) in [6, 6.07) is 7.05. The van der Waals surface area contributed by atoms with E-state index in [1.807, 2.05) is 6.07 Å². The molecule has 0 heterocycles. The van der Waals surface area contributed by atoms with Gasteiger partial charge in [-0.1, -0.05) is 37.8 Å². The normalized spacial score (nSPS) is 15.0. The fourth-order valence-corrected chi connectivity index (χ4v) is 2.98. The highest BCUT2D eigenvalue weighted by molar-refractivity contribution is 6.02. The number of rotatable bonds is 5. The van der Waals surface area contributed by atoms with Crippen LogP contribution in [0.2, 0.25) is 0 Å². The zero-order chi connectivity index (χ0) is 15.2. The van der Waals surface area contributed by atoms with E-state index in [1.165, 1.54) is 32.8 Å². The molecule has 0 aliphatic heterocycles. The highest BCUT2D eigenvalue weighted by Crippen LogP contribution is 2.29. The Bertz CT molecular complexity index is 507. The molecule has 1 saturated carbocycles. The fraction of sp³-hybridized carbons (Fsp3) is 0.529. The summed E-state index contributed by atoms with van der Waals surface area (Å²) in [4.78, 5) is 25.7. The van der Waals surface area contributed by atoms with Crippen LogP contribution in [-0.4, -0.2) is 26.0 Å². The number of benzene rings is 1. The van der Waals surface area contributed by atoms with Crippen LogP contribution < -0.4 is 4.90 Å². The summed E-state index contributed by atoms with van der Waals surface area (Å²) in [5, 5.41) is 0. The minimum Gasteiger partial charge on any atom is -0.465 e. The number of hydrogen-bond donors (Lipinski definition) is 0. The van der Waals surface area contributed by atoms with Gasteiger partial charge in [0.25, 0.3) is 0 Å². The number of anilines is 1. The standard InChI is InChI=1S/C17H23NO3/c1-18(16(19)12-11-13-7-3-4-8-13)15-10-6-5-9-14(15)17(20)21-2/h5-6,9-10,13H,3-4,7-8,11-12H2,1-2H3. The Morgan fingerprint density at radius 3 is 2.57 bits per heavy atom. The molecule has 0 unspecified atom stereocenters. The van der Waals surface area contributed by atoms with Gasteiger partial charge in [-0.15, -0.1) is 0 Å². The average Bonchev–Trinajstić information content (AvgIpc) is 3.04. The molecule has 1 aliphatic rings. The van der Waals surface area contributed by atoms with Crippen LogP contribution >= 0.6 is 0 Å².